The van der Waals surface area contributed by atoms with Crippen LogP contribution in [0.25, 0.3) is 0 Å². The number of hydrogen-bond acceptors (Lipinski definition) is 4. The van der Waals surface area contributed by atoms with E-state index in [2.05, 4.69) is 0 Å². The van der Waals surface area contributed by atoms with Gasteiger partial charge in [0.1, 0.15) is 17.7 Å². The molecule has 150 valence electrons. The fourth-order valence-corrected chi connectivity index (χ4v) is 3.78. The Hall–Kier alpha value is -2.90. The average molecular weight is 418 g/mol. The molecule has 2 amide bonds. The molecule has 0 bridgehead atoms. The highest BCUT2D eigenvalue weighted by atomic mass is 35.5. The Morgan fingerprint density at radius 2 is 2.07 bits per heavy atom. The predicted molar refractivity (Wildman–Crippen MR) is 102 cm³/mol. The first-order valence-corrected chi connectivity index (χ1v) is 9.32. The van der Waals surface area contributed by atoms with E-state index in [0.29, 0.717) is 23.3 Å². The summed E-state index contributed by atoms with van der Waals surface area (Å²) in [6.45, 7) is 1.62. The first-order valence-electron chi connectivity index (χ1n) is 8.94. The van der Waals surface area contributed by atoms with Crippen molar-refractivity contribution in [2.75, 3.05) is 6.54 Å². The molecular weight excluding hydrogens is 401 g/mol. The molecule has 2 aromatic carbocycles. The molecule has 8 heteroatoms. The first-order chi connectivity index (χ1) is 13.8. The number of halogens is 2. The maximum absolute atomic E-state index is 14.6. The van der Waals surface area contributed by atoms with Crippen molar-refractivity contribution in [2.45, 2.75) is 25.2 Å². The van der Waals surface area contributed by atoms with E-state index < -0.39 is 29.7 Å². The highest BCUT2D eigenvalue weighted by Gasteiger charge is 2.43. The second-order valence-corrected chi connectivity index (χ2v) is 7.39. The Balaban J connectivity index is 1.77. The summed E-state index contributed by atoms with van der Waals surface area (Å²) in [6, 6.07) is 11.3. The summed E-state index contributed by atoms with van der Waals surface area (Å²) in [6.07, 6.45) is -0.425. The number of fused-ring (bicyclic) bond motifs is 1. The third-order valence-corrected chi connectivity index (χ3v) is 5.27. The van der Waals surface area contributed by atoms with E-state index in [1.807, 2.05) is 0 Å². The van der Waals surface area contributed by atoms with Gasteiger partial charge in [-0.2, -0.15) is 0 Å². The smallest absolute Gasteiger partial charge is 0.414 e. The lowest BCUT2D eigenvalue weighted by Crippen LogP contribution is -2.42. The molecule has 2 aliphatic rings. The van der Waals surface area contributed by atoms with Gasteiger partial charge in [0.2, 0.25) is 5.79 Å². The zero-order valence-corrected chi connectivity index (χ0v) is 16.1. The molecule has 0 aliphatic carbocycles. The Labute approximate surface area is 171 Å². The number of benzene rings is 2. The van der Waals surface area contributed by atoms with Crippen molar-refractivity contribution in [3.05, 3.63) is 76.1 Å². The van der Waals surface area contributed by atoms with Gasteiger partial charge in [0.25, 0.3) is 5.91 Å². The summed E-state index contributed by atoms with van der Waals surface area (Å²) < 4.78 is 26.9. The van der Waals surface area contributed by atoms with Crippen LogP contribution in [0.1, 0.15) is 30.6 Å². The first kappa shape index (κ1) is 19.4. The number of para-hydroxylation sites is 1. The summed E-state index contributed by atoms with van der Waals surface area (Å²) in [5.41, 5.74) is 1.45. The Kier molecular flexibility index (Phi) is 4.80. The summed E-state index contributed by atoms with van der Waals surface area (Å²) in [4.78, 5) is 24.1. The molecule has 2 atom stereocenters. The fourth-order valence-electron chi connectivity index (χ4n) is 3.62. The number of carbonyl (C=O) groups excluding carboxylic acids is 1. The molecule has 29 heavy (non-hydrogen) atoms. The minimum Gasteiger partial charge on any atom is -0.465 e. The number of hydrogen-bond donors (Lipinski definition) is 1. The van der Waals surface area contributed by atoms with Crippen LogP contribution < -0.4 is 4.74 Å². The average Bonchev–Trinajstić information content (AvgIpc) is 2.66. The second-order valence-electron chi connectivity index (χ2n) is 6.95. The van der Waals surface area contributed by atoms with Crippen LogP contribution in [0.5, 0.6) is 5.75 Å². The minimum absolute atomic E-state index is 0.0227. The van der Waals surface area contributed by atoms with Gasteiger partial charge in [-0.25, -0.2) is 14.1 Å². The molecule has 0 aromatic heterocycles. The van der Waals surface area contributed by atoms with Crippen LogP contribution in [0, 0.1) is 5.82 Å². The van der Waals surface area contributed by atoms with Crippen LogP contribution in [-0.2, 0) is 15.3 Å². The maximum Gasteiger partial charge on any atom is 0.414 e. The monoisotopic (exact) mass is 417 g/mol. The SMILES string of the molecule is CC1(c2ccc(Cl)cc2F)Oc2ccccc2C(C2=CC(=O)N(C(=O)O)CC2)O1. The van der Waals surface area contributed by atoms with E-state index in [-0.39, 0.29) is 17.1 Å². The molecule has 6 nitrogen and oxygen atoms in total. The maximum atomic E-state index is 14.6. The summed E-state index contributed by atoms with van der Waals surface area (Å²) in [5, 5.41) is 9.37. The largest absolute Gasteiger partial charge is 0.465 e. The lowest BCUT2D eigenvalue weighted by molar-refractivity contribution is -0.220. The zero-order chi connectivity index (χ0) is 20.8. The summed E-state index contributed by atoms with van der Waals surface area (Å²) in [5.74, 6) is -2.19. The molecule has 2 heterocycles. The molecule has 2 aliphatic heterocycles. The Morgan fingerprint density at radius 3 is 2.76 bits per heavy atom. The molecule has 2 aromatic rings. The molecule has 0 fully saturated rings. The van der Waals surface area contributed by atoms with Crippen molar-refractivity contribution in [1.82, 2.24) is 4.90 Å². The van der Waals surface area contributed by atoms with E-state index in [0.717, 1.165) is 4.90 Å². The predicted octanol–water partition coefficient (Wildman–Crippen LogP) is 4.64. The summed E-state index contributed by atoms with van der Waals surface area (Å²) in [7, 11) is 0. The van der Waals surface area contributed by atoms with Crippen molar-refractivity contribution in [2.24, 2.45) is 0 Å². The van der Waals surface area contributed by atoms with Gasteiger partial charge in [-0.1, -0.05) is 29.8 Å². The number of carboxylic acid groups (broad SMARTS) is 1. The standard InChI is InChI=1S/C21H17ClFNO5/c1-21(15-7-6-13(22)11-16(15)23)28-17-5-3-2-4-14(17)19(29-21)12-8-9-24(20(26)27)18(25)10-12/h2-7,10-11,19H,8-9H2,1H3,(H,26,27). The van der Waals surface area contributed by atoms with Gasteiger partial charge in [0.15, 0.2) is 0 Å². The third-order valence-electron chi connectivity index (χ3n) is 5.04. The van der Waals surface area contributed by atoms with Gasteiger partial charge in [-0.15, -0.1) is 0 Å². The molecule has 2 unspecified atom stereocenters. The van der Waals surface area contributed by atoms with Gasteiger partial charge < -0.3 is 14.6 Å². The van der Waals surface area contributed by atoms with Crippen LogP contribution in [0.3, 0.4) is 0 Å². The van der Waals surface area contributed by atoms with E-state index in [4.69, 9.17) is 26.2 Å². The lowest BCUT2D eigenvalue weighted by atomic mass is 9.93. The van der Waals surface area contributed by atoms with E-state index in [9.17, 15) is 14.0 Å². The topological polar surface area (TPSA) is 76.1 Å². The zero-order valence-electron chi connectivity index (χ0n) is 15.4. The minimum atomic E-state index is -1.47. The number of nitrogens with zero attached hydrogens (tertiary/aromatic N) is 1. The molecule has 0 saturated carbocycles. The van der Waals surface area contributed by atoms with Gasteiger partial charge in [-0.05, 0) is 36.3 Å². The number of imide groups is 1. The van der Waals surface area contributed by atoms with Gasteiger partial charge >= 0.3 is 6.09 Å². The number of rotatable bonds is 2. The highest BCUT2D eigenvalue weighted by molar-refractivity contribution is 6.30. The number of amides is 2. The van der Waals surface area contributed by atoms with Crippen molar-refractivity contribution in [3.63, 3.8) is 0 Å². The van der Waals surface area contributed by atoms with Gasteiger partial charge in [0, 0.05) is 30.1 Å². The van der Waals surface area contributed by atoms with Crippen molar-refractivity contribution in [3.8, 4) is 5.75 Å². The number of carbonyl (C=O) groups is 2. The quantitative estimate of drug-likeness (QED) is 0.770. The molecule has 0 spiro atoms. The lowest BCUT2D eigenvalue weighted by Gasteiger charge is -2.42. The molecular formula is C21H17ClFNO5. The van der Waals surface area contributed by atoms with E-state index in [1.165, 1.54) is 18.2 Å². The van der Waals surface area contributed by atoms with Gasteiger partial charge in [0.05, 0.1) is 5.56 Å². The molecule has 1 N–H and O–H groups in total. The van der Waals surface area contributed by atoms with Crippen LogP contribution in [0.2, 0.25) is 5.02 Å². The second kappa shape index (κ2) is 7.17. The van der Waals surface area contributed by atoms with E-state index >= 15 is 0 Å². The van der Waals surface area contributed by atoms with Crippen LogP contribution in [-0.4, -0.2) is 28.6 Å². The number of ether oxygens (including phenoxy) is 2. The fraction of sp³-hybridized carbons (Fsp3) is 0.238. The normalized spacial score (nSPS) is 23.8. The highest BCUT2D eigenvalue weighted by Crippen LogP contribution is 2.47. The van der Waals surface area contributed by atoms with Crippen LogP contribution in [0.4, 0.5) is 9.18 Å². The summed E-state index contributed by atoms with van der Waals surface area (Å²) >= 11 is 5.87. The van der Waals surface area contributed by atoms with Crippen LogP contribution >= 0.6 is 11.6 Å². The Bertz CT molecular complexity index is 1040. The van der Waals surface area contributed by atoms with Gasteiger partial charge in [-0.3, -0.25) is 4.79 Å². The van der Waals surface area contributed by atoms with Crippen molar-refractivity contribution < 1.29 is 28.6 Å². The molecule has 0 radical (unpaired) electrons. The van der Waals surface area contributed by atoms with Crippen molar-refractivity contribution >= 4 is 23.6 Å². The van der Waals surface area contributed by atoms with Crippen LogP contribution in [0.15, 0.2) is 54.1 Å². The van der Waals surface area contributed by atoms with Crippen molar-refractivity contribution in [1.29, 1.82) is 0 Å². The molecule has 0 saturated heterocycles. The molecule has 4 rings (SSSR count). The van der Waals surface area contributed by atoms with E-state index in [1.54, 1.807) is 37.3 Å². The third kappa shape index (κ3) is 3.47. The Morgan fingerprint density at radius 1 is 1.31 bits per heavy atom.